The SMILES string of the molecule is COCC#Cc1ccnc(Nc2ccc(C(=O)N(c3nccc4cccc(C)c34)[C@@H]3CCCNC3)c(F)c2)n1. The molecule has 2 aromatic carbocycles. The standard InChI is InChI=1S/C30H29FN6O2/c1-20-6-3-7-21-12-15-33-28(27(20)21)37(24-9-4-14-32-19-24)29(38)25-11-10-23(18-26(25)31)36-30-34-16-13-22(35-30)8-5-17-39-2/h3,6-7,10-13,15-16,18,24,32H,4,9,14,17,19H2,1-2H3,(H,34,35,36)/t24-/m1/s1. The minimum Gasteiger partial charge on any atom is -0.372 e. The third-order valence-electron chi connectivity index (χ3n) is 6.61. The van der Waals surface area contributed by atoms with Gasteiger partial charge in [-0.2, -0.15) is 0 Å². The van der Waals surface area contributed by atoms with Gasteiger partial charge in [-0.1, -0.05) is 24.1 Å². The van der Waals surface area contributed by atoms with E-state index < -0.39 is 11.7 Å². The molecule has 3 heterocycles. The third kappa shape index (κ3) is 5.87. The number of rotatable bonds is 6. The number of aryl methyl sites for hydroxylation is 1. The molecule has 8 nitrogen and oxygen atoms in total. The normalized spacial score (nSPS) is 14.9. The summed E-state index contributed by atoms with van der Waals surface area (Å²) in [5, 5.41) is 8.23. The van der Waals surface area contributed by atoms with E-state index in [9.17, 15) is 4.79 Å². The maximum absolute atomic E-state index is 15.5. The largest absolute Gasteiger partial charge is 0.372 e. The van der Waals surface area contributed by atoms with Crippen LogP contribution in [0.1, 0.15) is 34.5 Å². The van der Waals surface area contributed by atoms with Gasteiger partial charge < -0.3 is 15.4 Å². The lowest BCUT2D eigenvalue weighted by molar-refractivity contribution is 0.0968. The van der Waals surface area contributed by atoms with Gasteiger partial charge in [0.25, 0.3) is 5.91 Å². The lowest BCUT2D eigenvalue weighted by Crippen LogP contribution is -2.49. The van der Waals surface area contributed by atoms with E-state index in [1.54, 1.807) is 36.5 Å². The van der Waals surface area contributed by atoms with Crippen LogP contribution in [0.3, 0.4) is 0 Å². The van der Waals surface area contributed by atoms with E-state index in [1.807, 2.05) is 31.2 Å². The lowest BCUT2D eigenvalue weighted by Gasteiger charge is -2.35. The van der Waals surface area contributed by atoms with Crippen molar-refractivity contribution in [2.24, 2.45) is 0 Å². The molecule has 1 atom stereocenters. The summed E-state index contributed by atoms with van der Waals surface area (Å²) in [4.78, 5) is 28.8. The van der Waals surface area contributed by atoms with Crippen molar-refractivity contribution in [3.8, 4) is 11.8 Å². The molecule has 0 aliphatic carbocycles. The van der Waals surface area contributed by atoms with Gasteiger partial charge in [-0.15, -0.1) is 0 Å². The number of halogens is 1. The zero-order valence-corrected chi connectivity index (χ0v) is 21.9. The molecular weight excluding hydrogens is 495 g/mol. The predicted octanol–water partition coefficient (Wildman–Crippen LogP) is 4.61. The van der Waals surface area contributed by atoms with Crippen LogP contribution in [-0.2, 0) is 4.74 Å². The fourth-order valence-corrected chi connectivity index (χ4v) is 4.77. The number of anilines is 3. The quantitative estimate of drug-likeness (QED) is 0.356. The first-order valence-corrected chi connectivity index (χ1v) is 12.8. The Morgan fingerprint density at radius 3 is 2.87 bits per heavy atom. The molecule has 4 aromatic rings. The van der Waals surface area contributed by atoms with Crippen LogP contribution in [-0.4, -0.2) is 53.7 Å². The van der Waals surface area contributed by atoms with Crippen LogP contribution >= 0.6 is 0 Å². The molecule has 1 saturated heterocycles. The molecular formula is C30H29FN6O2. The van der Waals surface area contributed by atoms with E-state index in [0.29, 0.717) is 23.7 Å². The Kier molecular flexibility index (Phi) is 8.06. The van der Waals surface area contributed by atoms with Crippen molar-refractivity contribution in [1.29, 1.82) is 0 Å². The predicted molar refractivity (Wildman–Crippen MR) is 150 cm³/mol. The molecule has 2 aromatic heterocycles. The Bertz CT molecular complexity index is 1550. The first-order chi connectivity index (χ1) is 19.0. The summed E-state index contributed by atoms with van der Waals surface area (Å²) in [6.45, 7) is 3.78. The van der Waals surface area contributed by atoms with Crippen molar-refractivity contribution < 1.29 is 13.9 Å². The van der Waals surface area contributed by atoms with Gasteiger partial charge in [-0.05, 0) is 73.5 Å². The molecule has 0 unspecified atom stereocenters. The first-order valence-electron chi connectivity index (χ1n) is 12.8. The molecule has 0 bridgehead atoms. The second-order valence-corrected chi connectivity index (χ2v) is 9.30. The van der Waals surface area contributed by atoms with Crippen LogP contribution in [0, 0.1) is 24.6 Å². The highest BCUT2D eigenvalue weighted by molar-refractivity contribution is 6.11. The second kappa shape index (κ2) is 12.0. The smallest absolute Gasteiger partial charge is 0.262 e. The fourth-order valence-electron chi connectivity index (χ4n) is 4.77. The minimum atomic E-state index is -0.647. The number of hydrogen-bond donors (Lipinski definition) is 2. The summed E-state index contributed by atoms with van der Waals surface area (Å²) in [5.41, 5.74) is 1.90. The number of nitrogens with one attached hydrogen (secondary N) is 2. The number of aromatic nitrogens is 3. The number of amides is 1. The highest BCUT2D eigenvalue weighted by Gasteiger charge is 2.31. The summed E-state index contributed by atoms with van der Waals surface area (Å²) < 4.78 is 20.5. The van der Waals surface area contributed by atoms with Crippen molar-refractivity contribution in [2.75, 3.05) is 37.0 Å². The van der Waals surface area contributed by atoms with Gasteiger partial charge >= 0.3 is 0 Å². The van der Waals surface area contributed by atoms with Gasteiger partial charge in [-0.3, -0.25) is 9.69 Å². The number of carbonyl (C=O) groups is 1. The summed E-state index contributed by atoms with van der Waals surface area (Å²) >= 11 is 0. The molecule has 1 aliphatic heterocycles. The molecule has 0 spiro atoms. The monoisotopic (exact) mass is 524 g/mol. The van der Waals surface area contributed by atoms with Crippen LogP contribution in [0.15, 0.2) is 60.9 Å². The number of benzene rings is 2. The Morgan fingerprint density at radius 2 is 2.08 bits per heavy atom. The Balaban J connectivity index is 1.47. The van der Waals surface area contributed by atoms with E-state index in [0.717, 1.165) is 35.7 Å². The van der Waals surface area contributed by atoms with E-state index >= 15 is 4.39 Å². The number of nitrogens with zero attached hydrogens (tertiary/aromatic N) is 4. The van der Waals surface area contributed by atoms with E-state index in [1.165, 1.54) is 12.1 Å². The number of methoxy groups -OCH3 is 1. The van der Waals surface area contributed by atoms with Crippen molar-refractivity contribution >= 4 is 34.1 Å². The zero-order valence-electron chi connectivity index (χ0n) is 21.9. The van der Waals surface area contributed by atoms with Gasteiger partial charge in [0.2, 0.25) is 5.95 Å². The van der Waals surface area contributed by atoms with Crippen LogP contribution < -0.4 is 15.5 Å². The molecule has 1 aliphatic rings. The molecule has 0 radical (unpaired) electrons. The Morgan fingerprint density at radius 1 is 1.21 bits per heavy atom. The van der Waals surface area contributed by atoms with Crippen molar-refractivity contribution in [1.82, 2.24) is 20.3 Å². The molecule has 1 amide bonds. The maximum Gasteiger partial charge on any atom is 0.262 e. The average molecular weight is 525 g/mol. The zero-order chi connectivity index (χ0) is 27.2. The maximum atomic E-state index is 15.5. The van der Waals surface area contributed by atoms with Crippen LogP contribution in [0.5, 0.6) is 0 Å². The lowest BCUT2D eigenvalue weighted by atomic mass is 10.0. The average Bonchev–Trinajstić information content (AvgIpc) is 2.94. The summed E-state index contributed by atoms with van der Waals surface area (Å²) in [5.74, 6) is 5.46. The van der Waals surface area contributed by atoms with Crippen LogP contribution in [0.25, 0.3) is 10.8 Å². The molecule has 9 heteroatoms. The second-order valence-electron chi connectivity index (χ2n) is 9.30. The molecule has 0 saturated carbocycles. The van der Waals surface area contributed by atoms with Gasteiger partial charge in [0.05, 0.1) is 11.6 Å². The molecule has 198 valence electrons. The number of fused-ring (bicyclic) bond motifs is 1. The number of carbonyl (C=O) groups excluding carboxylic acids is 1. The van der Waals surface area contributed by atoms with Gasteiger partial charge in [0.1, 0.15) is 23.9 Å². The summed E-state index contributed by atoms with van der Waals surface area (Å²) in [6.07, 6.45) is 4.98. The first kappa shape index (κ1) is 26.2. The highest BCUT2D eigenvalue weighted by atomic mass is 19.1. The summed E-state index contributed by atoms with van der Waals surface area (Å²) in [7, 11) is 1.56. The van der Waals surface area contributed by atoms with Crippen molar-refractivity contribution in [2.45, 2.75) is 25.8 Å². The third-order valence-corrected chi connectivity index (χ3v) is 6.61. The Hall–Kier alpha value is -4.39. The Labute approximate surface area is 226 Å². The minimum absolute atomic E-state index is 0.0291. The number of piperidine rings is 1. The van der Waals surface area contributed by atoms with E-state index in [2.05, 4.69) is 37.4 Å². The van der Waals surface area contributed by atoms with E-state index in [4.69, 9.17) is 4.74 Å². The van der Waals surface area contributed by atoms with Crippen molar-refractivity contribution in [3.63, 3.8) is 0 Å². The molecule has 39 heavy (non-hydrogen) atoms. The van der Waals surface area contributed by atoms with Crippen LogP contribution in [0.2, 0.25) is 0 Å². The molecule has 1 fully saturated rings. The van der Waals surface area contributed by atoms with E-state index in [-0.39, 0.29) is 24.2 Å². The van der Waals surface area contributed by atoms with Gasteiger partial charge in [-0.25, -0.2) is 19.3 Å². The number of pyridine rings is 1. The topological polar surface area (TPSA) is 92.3 Å². The molecule has 5 rings (SSSR count). The number of hydrogen-bond acceptors (Lipinski definition) is 7. The van der Waals surface area contributed by atoms with Crippen LogP contribution in [0.4, 0.5) is 21.8 Å². The van der Waals surface area contributed by atoms with Gasteiger partial charge in [0, 0.05) is 37.1 Å². The fraction of sp³-hybridized carbons (Fsp3) is 0.267. The number of ether oxygens (including phenoxy) is 1. The summed E-state index contributed by atoms with van der Waals surface area (Å²) in [6, 6.07) is 13.8. The van der Waals surface area contributed by atoms with Crippen molar-refractivity contribution in [3.05, 3.63) is 83.6 Å². The highest BCUT2D eigenvalue weighted by Crippen LogP contribution is 2.32. The molecule has 2 N–H and O–H groups in total. The van der Waals surface area contributed by atoms with Gasteiger partial charge in [0.15, 0.2) is 0 Å².